The first kappa shape index (κ1) is 59.2. The van der Waals surface area contributed by atoms with E-state index in [1.807, 2.05) is 0 Å². The van der Waals surface area contributed by atoms with Crippen molar-refractivity contribution in [1.29, 1.82) is 0 Å². The van der Waals surface area contributed by atoms with Gasteiger partial charge in [0.05, 0.1) is 0 Å². The summed E-state index contributed by atoms with van der Waals surface area (Å²) in [7, 11) is -10.5. The second kappa shape index (κ2) is 14.6. The van der Waals surface area contributed by atoms with Gasteiger partial charge in [-0.25, -0.2) is 0 Å². The van der Waals surface area contributed by atoms with E-state index >= 15 is 0 Å². The van der Waals surface area contributed by atoms with Crippen LogP contribution in [0.15, 0.2) is 0 Å². The molecule has 0 saturated heterocycles. The highest BCUT2D eigenvalue weighted by Crippen LogP contribution is 2.70. The summed E-state index contributed by atoms with van der Waals surface area (Å²) in [6.45, 7) is 0. The molecular weight excluding hydrogens is 1050 g/mol. The predicted molar refractivity (Wildman–Crippen MR) is 103 cm³/mol. The lowest BCUT2D eigenvalue weighted by Gasteiger charge is -2.47. The van der Waals surface area contributed by atoms with Gasteiger partial charge in [0, 0.05) is 15.0 Å². The molecule has 0 spiro atoms. The Kier molecular flexibility index (Phi) is 14.0. The van der Waals surface area contributed by atoms with Gasteiger partial charge in [-0.2, -0.15) is 154 Å². The van der Waals surface area contributed by atoms with Gasteiger partial charge in [0.2, 0.25) is 0 Å². The lowest BCUT2D eigenvalue weighted by Crippen LogP contribution is -2.83. The predicted octanol–water partition coefficient (Wildman–Crippen LogP) is 12.4. The van der Waals surface area contributed by atoms with E-state index < -0.39 is 124 Å². The van der Waals surface area contributed by atoms with Crippen LogP contribution in [0.25, 0.3) is 0 Å². The molecule has 0 unspecified atom stereocenters. The normalized spacial score (nSPS) is 17.2. The molecular formula is C17F41N3Si. The van der Waals surface area contributed by atoms with Gasteiger partial charge in [0.1, 0.15) is 0 Å². The third-order valence-electron chi connectivity index (χ3n) is 7.40. The molecule has 3 nitrogen and oxygen atoms in total. The molecule has 0 rings (SSSR count). The molecule has 0 aromatic heterocycles. The van der Waals surface area contributed by atoms with Crippen LogP contribution in [0, 0.1) is 0 Å². The lowest BCUT2D eigenvalue weighted by atomic mass is 9.82. The molecule has 0 N–H and O–H groups in total. The average Bonchev–Trinajstić information content (AvgIpc) is 3.02. The number of hydrogen-bond donors (Lipinski definition) is 0. The largest absolute Gasteiger partial charge is 0.570 e. The second-order valence-corrected chi connectivity index (χ2v) is 13.9. The molecule has 0 aliphatic rings. The van der Waals surface area contributed by atoms with E-state index in [-0.39, 0.29) is 0 Å². The molecule has 0 amide bonds. The van der Waals surface area contributed by atoms with Crippen LogP contribution in [-0.4, -0.2) is 124 Å². The first-order valence-corrected chi connectivity index (χ1v) is 14.4. The molecule has 0 atom stereocenters. The van der Waals surface area contributed by atoms with Crippen molar-refractivity contribution >= 4 is 8.56 Å². The highest BCUT2D eigenvalue weighted by Gasteiger charge is 3.03. The maximum Gasteiger partial charge on any atom is 0.570 e. The van der Waals surface area contributed by atoms with Gasteiger partial charge in [0.15, 0.2) is 0 Å². The van der Waals surface area contributed by atoms with Crippen molar-refractivity contribution in [3.8, 4) is 0 Å². The molecule has 0 bridgehead atoms. The zero-order valence-electron chi connectivity index (χ0n) is 25.8. The fraction of sp³-hybridized carbons (Fsp3) is 1.00. The Morgan fingerprint density at radius 2 is 0.290 bits per heavy atom. The Labute approximate surface area is 306 Å². The fourth-order valence-electron chi connectivity index (χ4n) is 3.64. The number of nitrogens with zero attached hydrogens (tertiary/aromatic N) is 3. The third kappa shape index (κ3) is 6.39. The molecule has 0 aliphatic carbocycles. The minimum absolute atomic E-state index is 4.75. The lowest BCUT2D eigenvalue weighted by molar-refractivity contribution is -0.492. The van der Waals surface area contributed by atoms with Crippen LogP contribution in [0.1, 0.15) is 0 Å². The molecule has 0 fully saturated rings. The Hall–Kier alpha value is -2.77. The zero-order valence-corrected chi connectivity index (χ0v) is 26.8. The van der Waals surface area contributed by atoms with Crippen molar-refractivity contribution in [3.63, 3.8) is 0 Å². The maximum atomic E-state index is 14.0. The van der Waals surface area contributed by atoms with Crippen LogP contribution in [0.2, 0.25) is 0 Å². The monoisotopic (exact) mass is 1050 g/mol. The SMILES string of the molecule is FN(F)[Si](N(F)F)(N(F)F)C(F)(F)C(F)(F)C(F)(F)C(F)(F)C(F)(F)C(F)(F)C(F)(F)C(F)(F)C(F)(F)C(F)(F)C(F)(F)C(F)(F)C(F)(F)C(F)(F)C(F)(F)C(F)(F)C(F)(F)F. The van der Waals surface area contributed by atoms with Gasteiger partial charge >= 0.3 is 109 Å². The zero-order chi connectivity index (χ0) is 51.7. The van der Waals surface area contributed by atoms with E-state index in [1.165, 1.54) is 0 Å². The summed E-state index contributed by atoms with van der Waals surface area (Å²) in [6.07, 6.45) is -8.52. The van der Waals surface area contributed by atoms with Crippen molar-refractivity contribution in [2.45, 2.75) is 101 Å². The van der Waals surface area contributed by atoms with Gasteiger partial charge in [-0.1, -0.05) is 0 Å². The van der Waals surface area contributed by atoms with Gasteiger partial charge in [0.25, 0.3) is 0 Å². The fourth-order valence-corrected chi connectivity index (χ4v) is 5.20. The Balaban J connectivity index is 8.05. The smallest absolute Gasteiger partial charge is 0.198 e. The first-order valence-electron chi connectivity index (χ1n) is 12.5. The average molecular weight is 1050 g/mol. The van der Waals surface area contributed by atoms with Crippen molar-refractivity contribution in [2.24, 2.45) is 0 Å². The summed E-state index contributed by atoms with van der Waals surface area (Å²) in [5.41, 5.74) is -9.39. The quantitative estimate of drug-likeness (QED) is 0.0725. The van der Waals surface area contributed by atoms with Gasteiger partial charge in [-0.05, 0) is 0 Å². The molecule has 0 saturated carbocycles. The van der Waals surface area contributed by atoms with Gasteiger partial charge < -0.3 is 0 Å². The summed E-state index contributed by atoms with van der Waals surface area (Å²) in [5.74, 6) is -153. The van der Waals surface area contributed by atoms with Gasteiger partial charge in [-0.3, -0.25) is 0 Å². The van der Waals surface area contributed by atoms with Crippen LogP contribution < -0.4 is 0 Å². The summed E-state index contributed by atoms with van der Waals surface area (Å²) in [4.78, 5) is 0. The summed E-state index contributed by atoms with van der Waals surface area (Å²) in [6, 6.07) is 0. The van der Waals surface area contributed by atoms with Gasteiger partial charge in [-0.15, -0.1) is 26.9 Å². The highest BCUT2D eigenvalue weighted by atomic mass is 28.4. The van der Waals surface area contributed by atoms with Crippen molar-refractivity contribution in [2.75, 3.05) is 0 Å². The minimum Gasteiger partial charge on any atom is -0.198 e. The molecule has 0 aromatic rings. The van der Waals surface area contributed by atoms with E-state index in [1.54, 1.807) is 0 Å². The molecule has 62 heavy (non-hydrogen) atoms. The van der Waals surface area contributed by atoms with Crippen LogP contribution in [0.3, 0.4) is 0 Å². The van der Waals surface area contributed by atoms with Crippen LogP contribution in [0.5, 0.6) is 0 Å². The van der Waals surface area contributed by atoms with Crippen molar-refractivity contribution in [1.82, 2.24) is 15.0 Å². The first-order chi connectivity index (χ1) is 26.1. The third-order valence-corrected chi connectivity index (χ3v) is 9.97. The number of hydrogen-bond acceptors (Lipinski definition) is 3. The molecule has 374 valence electrons. The standard InChI is InChI=1S/C17F41N3Si/c18-1(19,2(20,21)4(24,25)6(28,29)8(32,33)10(36,37)12(40,41)14(44,45)16(48,49)50)3(22,23)5(26,27)7(30,31)9(34,35)11(38,39)13(42,43)15(46,47)17(51,52)62(59(53)54,60(55)56)61(57)58. The number of alkyl halides is 35. The summed E-state index contributed by atoms with van der Waals surface area (Å²) < 4.78 is 552. The Morgan fingerprint density at radius 3 is 0.403 bits per heavy atom. The Bertz CT molecular complexity index is 1580. The van der Waals surface area contributed by atoms with Crippen LogP contribution in [0.4, 0.5) is 181 Å². The molecule has 0 aliphatic heterocycles. The number of rotatable bonds is 19. The molecule has 0 radical (unpaired) electrons. The molecule has 0 heterocycles. The molecule has 45 heteroatoms. The van der Waals surface area contributed by atoms with E-state index in [0.717, 1.165) is 0 Å². The Morgan fingerprint density at radius 1 is 0.177 bits per heavy atom. The van der Waals surface area contributed by atoms with E-state index in [9.17, 15) is 181 Å². The van der Waals surface area contributed by atoms with Crippen LogP contribution >= 0.6 is 0 Å². The van der Waals surface area contributed by atoms with Crippen molar-refractivity contribution in [3.05, 3.63) is 0 Å². The number of halogens is 41. The highest BCUT2D eigenvalue weighted by molar-refractivity contribution is 6.72. The second-order valence-electron chi connectivity index (χ2n) is 11.0. The van der Waals surface area contributed by atoms with Crippen molar-refractivity contribution < 1.29 is 181 Å². The van der Waals surface area contributed by atoms with E-state index in [2.05, 4.69) is 0 Å². The van der Waals surface area contributed by atoms with Crippen LogP contribution in [-0.2, 0) is 0 Å². The molecule has 0 aromatic carbocycles. The van der Waals surface area contributed by atoms with E-state index in [0.29, 0.717) is 0 Å². The minimum atomic E-state index is -10.6. The maximum absolute atomic E-state index is 14.0. The van der Waals surface area contributed by atoms with E-state index in [4.69, 9.17) is 0 Å². The summed E-state index contributed by atoms with van der Waals surface area (Å²) in [5, 5.41) is -14.3. The topological polar surface area (TPSA) is 9.72 Å². The summed E-state index contributed by atoms with van der Waals surface area (Å²) >= 11 is 0.